The quantitative estimate of drug-likeness (QED) is 0.591. The lowest BCUT2D eigenvalue weighted by Crippen LogP contribution is -1.86. The van der Waals surface area contributed by atoms with Crippen molar-refractivity contribution in [3.63, 3.8) is 0 Å². The van der Waals surface area contributed by atoms with Gasteiger partial charge in [0.2, 0.25) is 0 Å². The van der Waals surface area contributed by atoms with Crippen molar-refractivity contribution in [3.8, 4) is 0 Å². The number of hydrogen-bond donors (Lipinski definition) is 0. The van der Waals surface area contributed by atoms with Crippen molar-refractivity contribution in [1.29, 1.82) is 0 Å². The smallest absolute Gasteiger partial charge is 0.150 e. The highest BCUT2D eigenvalue weighted by Crippen LogP contribution is 2.12. The van der Waals surface area contributed by atoms with E-state index in [9.17, 15) is 4.79 Å². The Kier molecular flexibility index (Phi) is 4.60. The average Bonchev–Trinajstić information content (AvgIpc) is 2.19. The van der Waals surface area contributed by atoms with Crippen molar-refractivity contribution in [3.05, 3.63) is 41.0 Å². The van der Waals surface area contributed by atoms with Gasteiger partial charge in [0.1, 0.15) is 0 Å². The van der Waals surface area contributed by atoms with E-state index in [1.807, 2.05) is 31.2 Å². The molecule has 74 valence electrons. The predicted octanol–water partition coefficient (Wildman–Crippen LogP) is 3.61. The first kappa shape index (κ1) is 11.2. The van der Waals surface area contributed by atoms with E-state index in [1.54, 1.807) is 0 Å². The molecule has 0 amide bonds. The van der Waals surface area contributed by atoms with E-state index in [0.717, 1.165) is 29.2 Å². The third kappa shape index (κ3) is 3.11. The molecule has 1 nitrogen and oxygen atoms in total. The van der Waals surface area contributed by atoms with Crippen LogP contribution in [0, 0.1) is 6.92 Å². The van der Waals surface area contributed by atoms with Gasteiger partial charge in [-0.15, -0.1) is 0 Å². The summed E-state index contributed by atoms with van der Waals surface area (Å²) in [6, 6.07) is 5.83. The van der Waals surface area contributed by atoms with Crippen LogP contribution in [-0.2, 0) is 0 Å². The standard InChI is InChI=1S/C12H13BrO/c1-10-5-6-12(9-14)11(8-10)4-2-3-7-13/h2,4-6,8-9H,3,7H2,1H3. The third-order valence-electron chi connectivity index (χ3n) is 1.94. The summed E-state index contributed by atoms with van der Waals surface area (Å²) in [7, 11) is 0. The molecule has 0 aliphatic rings. The fraction of sp³-hybridized carbons (Fsp3) is 0.250. The average molecular weight is 253 g/mol. The summed E-state index contributed by atoms with van der Waals surface area (Å²) < 4.78 is 0. The van der Waals surface area contributed by atoms with Crippen LogP contribution in [0.25, 0.3) is 6.08 Å². The maximum Gasteiger partial charge on any atom is 0.150 e. The van der Waals surface area contributed by atoms with Gasteiger partial charge in [-0.1, -0.05) is 51.8 Å². The van der Waals surface area contributed by atoms with Crippen molar-refractivity contribution in [2.24, 2.45) is 0 Å². The van der Waals surface area contributed by atoms with Gasteiger partial charge in [-0.2, -0.15) is 0 Å². The Morgan fingerprint density at radius 3 is 2.79 bits per heavy atom. The van der Waals surface area contributed by atoms with Crippen LogP contribution >= 0.6 is 15.9 Å². The Hall–Kier alpha value is -0.890. The molecule has 2 heteroatoms. The van der Waals surface area contributed by atoms with Crippen LogP contribution in [0.3, 0.4) is 0 Å². The first-order valence-electron chi connectivity index (χ1n) is 4.56. The van der Waals surface area contributed by atoms with E-state index in [0.29, 0.717) is 0 Å². The second-order valence-corrected chi connectivity index (χ2v) is 3.92. The summed E-state index contributed by atoms with van der Waals surface area (Å²) in [5, 5.41) is 0.950. The second-order valence-electron chi connectivity index (χ2n) is 3.13. The lowest BCUT2D eigenvalue weighted by molar-refractivity contribution is 0.112. The van der Waals surface area contributed by atoms with Gasteiger partial charge in [-0.3, -0.25) is 4.79 Å². The Labute approximate surface area is 93.0 Å². The number of aryl methyl sites for hydroxylation is 1. The molecule has 0 aliphatic carbocycles. The molecule has 0 bridgehead atoms. The van der Waals surface area contributed by atoms with Gasteiger partial charge >= 0.3 is 0 Å². The molecule has 0 aliphatic heterocycles. The zero-order chi connectivity index (χ0) is 10.4. The topological polar surface area (TPSA) is 17.1 Å². The molecule has 1 rings (SSSR count). The van der Waals surface area contributed by atoms with Crippen LogP contribution in [-0.4, -0.2) is 11.6 Å². The van der Waals surface area contributed by atoms with Crippen molar-refractivity contribution < 1.29 is 4.79 Å². The van der Waals surface area contributed by atoms with E-state index < -0.39 is 0 Å². The fourth-order valence-corrected chi connectivity index (χ4v) is 1.48. The van der Waals surface area contributed by atoms with E-state index >= 15 is 0 Å². The SMILES string of the molecule is Cc1ccc(C=O)c(C=CCCBr)c1. The van der Waals surface area contributed by atoms with Gasteiger partial charge in [-0.05, 0) is 18.9 Å². The van der Waals surface area contributed by atoms with Gasteiger partial charge < -0.3 is 0 Å². The summed E-state index contributed by atoms with van der Waals surface area (Å²) >= 11 is 3.35. The van der Waals surface area contributed by atoms with Crippen LogP contribution in [0.4, 0.5) is 0 Å². The molecule has 1 aromatic carbocycles. The Balaban J connectivity index is 2.92. The van der Waals surface area contributed by atoms with Crippen molar-refractivity contribution in [2.45, 2.75) is 13.3 Å². The first-order valence-corrected chi connectivity index (χ1v) is 5.68. The summed E-state index contributed by atoms with van der Waals surface area (Å²) in [5.41, 5.74) is 2.93. The zero-order valence-corrected chi connectivity index (χ0v) is 9.75. The number of halogens is 1. The van der Waals surface area contributed by atoms with Crippen LogP contribution < -0.4 is 0 Å². The van der Waals surface area contributed by atoms with Gasteiger partial charge in [0.05, 0.1) is 0 Å². The molecule has 0 atom stereocenters. The van der Waals surface area contributed by atoms with E-state index in [4.69, 9.17) is 0 Å². The monoisotopic (exact) mass is 252 g/mol. The molecule has 14 heavy (non-hydrogen) atoms. The second kappa shape index (κ2) is 5.76. The van der Waals surface area contributed by atoms with E-state index in [-0.39, 0.29) is 0 Å². The van der Waals surface area contributed by atoms with Gasteiger partial charge in [0.25, 0.3) is 0 Å². The Morgan fingerprint density at radius 1 is 1.36 bits per heavy atom. The molecule has 0 N–H and O–H groups in total. The number of hydrogen-bond acceptors (Lipinski definition) is 1. The largest absolute Gasteiger partial charge is 0.298 e. The maximum absolute atomic E-state index is 10.7. The lowest BCUT2D eigenvalue weighted by atomic mass is 10.0. The highest BCUT2D eigenvalue weighted by molar-refractivity contribution is 9.09. The molecule has 0 unspecified atom stereocenters. The minimum atomic E-state index is 0.751. The Bertz CT molecular complexity index is 342. The molecule has 0 spiro atoms. The molecule has 0 heterocycles. The van der Waals surface area contributed by atoms with Gasteiger partial charge in [-0.25, -0.2) is 0 Å². The molecular formula is C12H13BrO. The van der Waals surface area contributed by atoms with E-state index in [2.05, 4.69) is 22.0 Å². The number of alkyl halides is 1. The lowest BCUT2D eigenvalue weighted by Gasteiger charge is -2.00. The van der Waals surface area contributed by atoms with Crippen LogP contribution in [0.5, 0.6) is 0 Å². The molecule has 0 aromatic heterocycles. The molecule has 1 aromatic rings. The fourth-order valence-electron chi connectivity index (χ4n) is 1.22. The number of benzene rings is 1. The van der Waals surface area contributed by atoms with Gasteiger partial charge in [0.15, 0.2) is 6.29 Å². The van der Waals surface area contributed by atoms with Crippen LogP contribution in [0.1, 0.15) is 27.9 Å². The summed E-state index contributed by atoms with van der Waals surface area (Å²) in [6.07, 6.45) is 5.94. The predicted molar refractivity (Wildman–Crippen MR) is 64.0 cm³/mol. The highest BCUT2D eigenvalue weighted by Gasteiger charge is 1.97. The molecular weight excluding hydrogens is 240 g/mol. The normalized spacial score (nSPS) is 10.7. The van der Waals surface area contributed by atoms with Crippen LogP contribution in [0.15, 0.2) is 24.3 Å². The van der Waals surface area contributed by atoms with Gasteiger partial charge in [0, 0.05) is 10.9 Å². The molecule has 0 saturated carbocycles. The number of allylic oxidation sites excluding steroid dienone is 1. The van der Waals surface area contributed by atoms with E-state index in [1.165, 1.54) is 5.56 Å². The number of aldehydes is 1. The number of carbonyl (C=O) groups excluding carboxylic acids is 1. The first-order chi connectivity index (χ1) is 6.77. The summed E-state index contributed by atoms with van der Waals surface area (Å²) in [5.74, 6) is 0. The Morgan fingerprint density at radius 2 is 2.14 bits per heavy atom. The zero-order valence-electron chi connectivity index (χ0n) is 8.16. The third-order valence-corrected chi connectivity index (χ3v) is 2.40. The number of carbonyl (C=O) groups is 1. The summed E-state index contributed by atoms with van der Waals surface area (Å²) in [6.45, 7) is 2.02. The summed E-state index contributed by atoms with van der Waals surface area (Å²) in [4.78, 5) is 10.7. The minimum absolute atomic E-state index is 0.751. The maximum atomic E-state index is 10.7. The molecule has 0 fully saturated rings. The highest BCUT2D eigenvalue weighted by atomic mass is 79.9. The van der Waals surface area contributed by atoms with Crippen molar-refractivity contribution >= 4 is 28.3 Å². The number of rotatable bonds is 4. The molecule has 0 saturated heterocycles. The van der Waals surface area contributed by atoms with Crippen LogP contribution in [0.2, 0.25) is 0 Å². The van der Waals surface area contributed by atoms with Crippen molar-refractivity contribution in [1.82, 2.24) is 0 Å². The minimum Gasteiger partial charge on any atom is -0.298 e. The molecule has 0 radical (unpaired) electrons. The van der Waals surface area contributed by atoms with Crippen molar-refractivity contribution in [2.75, 3.05) is 5.33 Å².